The summed E-state index contributed by atoms with van der Waals surface area (Å²) in [5.41, 5.74) is -0.581. The van der Waals surface area contributed by atoms with Gasteiger partial charge >= 0.3 is 0 Å². The second-order valence-corrected chi connectivity index (χ2v) is 9.39. The molecule has 1 aromatic rings. The molecule has 3 unspecified atom stereocenters. The minimum Gasteiger partial charge on any atom is -0.301 e. The van der Waals surface area contributed by atoms with E-state index in [2.05, 4.69) is 40.1 Å². The van der Waals surface area contributed by atoms with Gasteiger partial charge < -0.3 is 5.32 Å². The number of nitrogens with zero attached hydrogens (tertiary/aromatic N) is 1. The number of fused-ring (bicyclic) bond motifs is 2. The van der Waals surface area contributed by atoms with Crippen molar-refractivity contribution in [1.82, 2.24) is 4.98 Å². The fourth-order valence-corrected chi connectivity index (χ4v) is 6.51. The number of amides is 1. The Hall–Kier alpha value is -0.750. The Morgan fingerprint density at radius 3 is 2.41 bits per heavy atom. The van der Waals surface area contributed by atoms with E-state index in [4.69, 9.17) is 0 Å². The van der Waals surface area contributed by atoms with Gasteiger partial charge in [0.2, 0.25) is 5.91 Å². The Bertz CT molecular complexity index is 664. The maximum atomic E-state index is 13.1. The maximum Gasteiger partial charge on any atom is 0.234 e. The number of anilines is 1. The first-order valence-corrected chi connectivity index (χ1v) is 9.25. The molecule has 2 fully saturated rings. The van der Waals surface area contributed by atoms with Crippen molar-refractivity contribution < 1.29 is 9.59 Å². The van der Waals surface area contributed by atoms with Gasteiger partial charge in [0.1, 0.15) is 0 Å². The molecule has 0 spiro atoms. The number of carbonyl (C=O) groups is 2. The van der Waals surface area contributed by atoms with Crippen LogP contribution in [0.2, 0.25) is 0 Å². The number of halogens is 1. The fraction of sp³-hybridized carbons (Fsp3) is 0.688. The highest BCUT2D eigenvalue weighted by Crippen LogP contribution is 2.72. The Labute approximate surface area is 143 Å². The van der Waals surface area contributed by atoms with Crippen LogP contribution in [-0.4, -0.2) is 21.5 Å². The molecule has 2 saturated carbocycles. The number of alkyl halides is 1. The first-order valence-electron chi connectivity index (χ1n) is 7.52. The summed E-state index contributed by atoms with van der Waals surface area (Å²) < 4.78 is 0. The smallest absolute Gasteiger partial charge is 0.234 e. The molecular formula is C16H21BrN2O2S. The maximum absolute atomic E-state index is 13.1. The van der Waals surface area contributed by atoms with Crippen LogP contribution in [0, 0.1) is 30.1 Å². The Kier molecular flexibility index (Phi) is 3.39. The summed E-state index contributed by atoms with van der Waals surface area (Å²) in [6.07, 6.45) is 1.50. The highest BCUT2D eigenvalue weighted by Gasteiger charge is 2.76. The molecule has 22 heavy (non-hydrogen) atoms. The summed E-state index contributed by atoms with van der Waals surface area (Å²) >= 11 is 5.02. The third-order valence-corrected chi connectivity index (χ3v) is 8.56. The van der Waals surface area contributed by atoms with E-state index < -0.39 is 15.7 Å². The van der Waals surface area contributed by atoms with Crippen molar-refractivity contribution in [3.8, 4) is 0 Å². The number of thiazole rings is 1. The number of ketones is 1. The lowest BCUT2D eigenvalue weighted by Gasteiger charge is -2.39. The van der Waals surface area contributed by atoms with Crippen LogP contribution in [0.25, 0.3) is 0 Å². The predicted molar refractivity (Wildman–Crippen MR) is 91.5 cm³/mol. The highest BCUT2D eigenvalue weighted by atomic mass is 79.9. The zero-order valence-corrected chi connectivity index (χ0v) is 15.9. The summed E-state index contributed by atoms with van der Waals surface area (Å²) in [4.78, 5) is 30.9. The number of hydrogen-bond donors (Lipinski definition) is 1. The lowest BCUT2D eigenvalue weighted by atomic mass is 9.64. The van der Waals surface area contributed by atoms with Crippen LogP contribution < -0.4 is 5.32 Å². The average molecular weight is 385 g/mol. The summed E-state index contributed by atoms with van der Waals surface area (Å²) in [5, 5.41) is 3.60. The number of rotatable bonds is 2. The average Bonchev–Trinajstić information content (AvgIpc) is 2.88. The molecule has 0 aromatic carbocycles. The number of hydrogen-bond acceptors (Lipinski definition) is 4. The minimum atomic E-state index is -0.702. The number of carbonyl (C=O) groups excluding carboxylic acids is 2. The number of aryl methyl sites for hydroxylation is 2. The molecule has 4 nitrogen and oxygen atoms in total. The molecule has 2 aliphatic carbocycles. The molecule has 0 saturated heterocycles. The minimum absolute atomic E-state index is 0.0808. The van der Waals surface area contributed by atoms with E-state index in [-0.39, 0.29) is 17.1 Å². The molecule has 2 bridgehead atoms. The molecule has 3 atom stereocenters. The Morgan fingerprint density at radius 2 is 1.95 bits per heavy atom. The molecule has 1 aromatic heterocycles. The van der Waals surface area contributed by atoms with Gasteiger partial charge in [-0.2, -0.15) is 0 Å². The van der Waals surface area contributed by atoms with Crippen molar-refractivity contribution in [2.24, 2.45) is 16.2 Å². The fourth-order valence-electron chi connectivity index (χ4n) is 4.19. The molecule has 3 rings (SSSR count). The zero-order valence-electron chi connectivity index (χ0n) is 13.5. The van der Waals surface area contributed by atoms with Crippen molar-refractivity contribution in [3.05, 3.63) is 10.6 Å². The van der Waals surface area contributed by atoms with Crippen LogP contribution >= 0.6 is 27.3 Å². The highest BCUT2D eigenvalue weighted by molar-refractivity contribution is 9.10. The summed E-state index contributed by atoms with van der Waals surface area (Å²) in [7, 11) is 0. The van der Waals surface area contributed by atoms with Gasteiger partial charge in [0.25, 0.3) is 0 Å². The summed E-state index contributed by atoms with van der Waals surface area (Å²) in [5.74, 6) is 0.0769. The quantitative estimate of drug-likeness (QED) is 0.787. The summed E-state index contributed by atoms with van der Waals surface area (Å²) in [6, 6.07) is 0. The van der Waals surface area contributed by atoms with E-state index in [1.165, 1.54) is 11.3 Å². The van der Waals surface area contributed by atoms with E-state index >= 15 is 0 Å². The van der Waals surface area contributed by atoms with Crippen LogP contribution in [0.1, 0.15) is 44.2 Å². The van der Waals surface area contributed by atoms with Gasteiger partial charge in [-0.25, -0.2) is 4.98 Å². The molecular weight excluding hydrogens is 364 g/mol. The van der Waals surface area contributed by atoms with Gasteiger partial charge in [-0.05, 0) is 32.1 Å². The van der Waals surface area contributed by atoms with Gasteiger partial charge in [-0.3, -0.25) is 9.59 Å². The molecule has 1 heterocycles. The Morgan fingerprint density at radius 1 is 1.32 bits per heavy atom. The normalized spacial score (nSPS) is 35.9. The molecule has 1 N–H and O–H groups in total. The predicted octanol–water partition coefficient (Wildman–Crippen LogP) is 3.86. The van der Waals surface area contributed by atoms with Gasteiger partial charge in [-0.15, -0.1) is 11.3 Å². The van der Waals surface area contributed by atoms with Gasteiger partial charge in [0, 0.05) is 10.3 Å². The first kappa shape index (κ1) is 16.1. The van der Waals surface area contributed by atoms with E-state index in [9.17, 15) is 9.59 Å². The second kappa shape index (κ2) is 4.63. The number of nitrogens with one attached hydrogen (secondary N) is 1. The van der Waals surface area contributed by atoms with Crippen LogP contribution in [0.3, 0.4) is 0 Å². The Balaban J connectivity index is 1.99. The molecule has 0 radical (unpaired) electrons. The van der Waals surface area contributed by atoms with Crippen LogP contribution in [0.5, 0.6) is 0 Å². The van der Waals surface area contributed by atoms with E-state index in [1.54, 1.807) is 0 Å². The zero-order chi connectivity index (χ0) is 16.5. The van der Waals surface area contributed by atoms with Gasteiger partial charge in [0.15, 0.2) is 10.9 Å². The van der Waals surface area contributed by atoms with E-state index in [0.717, 1.165) is 23.4 Å². The summed E-state index contributed by atoms with van der Waals surface area (Å²) in [6.45, 7) is 10.0. The van der Waals surface area contributed by atoms with Crippen molar-refractivity contribution in [2.75, 3.05) is 5.32 Å². The first-order chi connectivity index (χ1) is 10.1. The van der Waals surface area contributed by atoms with Crippen LogP contribution in [-0.2, 0) is 9.59 Å². The number of aromatic nitrogens is 1. The molecule has 6 heteroatoms. The largest absolute Gasteiger partial charge is 0.301 e. The van der Waals surface area contributed by atoms with Crippen molar-refractivity contribution in [3.63, 3.8) is 0 Å². The van der Waals surface area contributed by atoms with E-state index in [1.807, 2.05) is 20.8 Å². The van der Waals surface area contributed by atoms with Gasteiger partial charge in [0.05, 0.1) is 15.9 Å². The molecule has 1 amide bonds. The monoisotopic (exact) mass is 384 g/mol. The lowest BCUT2D eigenvalue weighted by molar-refractivity contribution is -0.130. The third kappa shape index (κ3) is 1.65. The third-order valence-electron chi connectivity index (χ3n) is 6.37. The lowest BCUT2D eigenvalue weighted by Crippen LogP contribution is -2.47. The molecule has 2 aliphatic rings. The molecule has 120 valence electrons. The van der Waals surface area contributed by atoms with Crippen molar-refractivity contribution >= 4 is 44.1 Å². The topological polar surface area (TPSA) is 59.1 Å². The second-order valence-electron chi connectivity index (χ2n) is 7.27. The van der Waals surface area contributed by atoms with Crippen molar-refractivity contribution in [1.29, 1.82) is 0 Å². The standard InChI is InChI=1S/C16H21BrN2O2S/c1-8-9(2)22-13(18-8)19-12(21)16-7-6-15(5,14(16,3)4)11(20)10(16)17/h10H,6-7H2,1-5H3,(H,18,19,21). The van der Waals surface area contributed by atoms with E-state index in [0.29, 0.717) is 5.13 Å². The van der Waals surface area contributed by atoms with Gasteiger partial charge in [-0.1, -0.05) is 36.7 Å². The van der Waals surface area contributed by atoms with Crippen LogP contribution in [0.4, 0.5) is 5.13 Å². The number of Topliss-reactive ketones (excluding diaryl/α,β-unsaturated/α-hetero) is 1. The SMILES string of the molecule is Cc1nc(NC(=O)C23CCC(C)(C(=O)C2Br)C3(C)C)sc1C. The van der Waals surface area contributed by atoms with Crippen LogP contribution in [0.15, 0.2) is 0 Å². The van der Waals surface area contributed by atoms with Crippen molar-refractivity contribution in [2.45, 2.75) is 52.3 Å². The molecule has 0 aliphatic heterocycles.